The molecule has 0 unspecified atom stereocenters. The average molecular weight is 650 g/mol. The van der Waals surface area contributed by atoms with Gasteiger partial charge in [0, 0.05) is 48.3 Å². The lowest BCUT2D eigenvalue weighted by Gasteiger charge is -2.30. The van der Waals surface area contributed by atoms with Gasteiger partial charge in [0.25, 0.3) is 0 Å². The Morgan fingerprint density at radius 1 is 0.875 bits per heavy atom. The van der Waals surface area contributed by atoms with Gasteiger partial charge in [0.15, 0.2) is 5.78 Å². The molecule has 0 saturated carbocycles. The number of anilines is 1. The summed E-state index contributed by atoms with van der Waals surface area (Å²) in [4.78, 5) is 28.6. The van der Waals surface area contributed by atoms with Crippen LogP contribution in [-0.2, 0) is 22.6 Å². The number of hydrogen-bond donors (Lipinski definition) is 1. The zero-order chi connectivity index (χ0) is 34.3. The van der Waals surface area contributed by atoms with Crippen LogP contribution < -0.4 is 10.2 Å². The van der Waals surface area contributed by atoms with Crippen molar-refractivity contribution in [2.75, 3.05) is 25.2 Å². The van der Waals surface area contributed by atoms with Crippen LogP contribution in [0.3, 0.4) is 0 Å². The van der Waals surface area contributed by atoms with E-state index in [2.05, 4.69) is 57.3 Å². The third-order valence-electron chi connectivity index (χ3n) is 9.91. The van der Waals surface area contributed by atoms with Crippen molar-refractivity contribution in [3.63, 3.8) is 0 Å². The normalized spacial score (nSPS) is 12.9. The third kappa shape index (κ3) is 8.47. The Morgan fingerprint density at radius 2 is 1.58 bits per heavy atom. The maximum atomic E-state index is 13.8. The van der Waals surface area contributed by atoms with Crippen LogP contribution in [0.5, 0.6) is 0 Å². The second kappa shape index (κ2) is 15.4. The van der Waals surface area contributed by atoms with Gasteiger partial charge in [0.2, 0.25) is 5.91 Å². The summed E-state index contributed by atoms with van der Waals surface area (Å²) >= 11 is 0. The van der Waals surface area contributed by atoms with Gasteiger partial charge in [-0.25, -0.2) is 4.68 Å². The number of ether oxygens (including phenoxy) is 1. The molecule has 0 saturated heterocycles. The standard InChI is InChI=1S/C40H51N5O3/c1-7-39(2,3)24-26-48-25-12-17-35(46)30-20-18-29(19-21-30)27-45-38-32-14-9-8-13-31(32)28-44(36(47)22-23-40(4,5)41-6)34-16-11-10-15-33(34)37(38)42-43-45/h8-11,13-16,18-21,41H,7,12,17,22-28H2,1-6H3. The molecular formula is C40H51N5O3. The minimum Gasteiger partial charge on any atom is -0.381 e. The van der Waals surface area contributed by atoms with E-state index >= 15 is 0 Å². The smallest absolute Gasteiger partial charge is 0.227 e. The van der Waals surface area contributed by atoms with E-state index < -0.39 is 0 Å². The van der Waals surface area contributed by atoms with Crippen LogP contribution in [0.25, 0.3) is 22.5 Å². The lowest BCUT2D eigenvalue weighted by molar-refractivity contribution is -0.119. The average Bonchev–Trinajstić information content (AvgIpc) is 3.49. The zero-order valence-electron chi connectivity index (χ0n) is 29.5. The SMILES string of the molecule is CCC(C)(C)CCOCCCC(=O)c1ccc(Cn2nnc3c2-c2ccccc2CN(C(=O)CCC(C)(C)NC)c2ccccc2-3)cc1. The highest BCUT2D eigenvalue weighted by Crippen LogP contribution is 2.41. The summed E-state index contributed by atoms with van der Waals surface area (Å²) in [5.74, 6) is 0.207. The third-order valence-corrected chi connectivity index (χ3v) is 9.91. The highest BCUT2D eigenvalue weighted by atomic mass is 16.5. The minimum atomic E-state index is -0.141. The molecule has 254 valence electrons. The molecule has 48 heavy (non-hydrogen) atoms. The second-order valence-corrected chi connectivity index (χ2v) is 14.3. The van der Waals surface area contributed by atoms with Crippen molar-refractivity contribution < 1.29 is 14.3 Å². The molecule has 1 aliphatic heterocycles. The molecule has 0 fully saturated rings. The Kier molecular flexibility index (Phi) is 11.3. The number of nitrogens with zero attached hydrogens (tertiary/aromatic N) is 4. The maximum absolute atomic E-state index is 13.8. The topological polar surface area (TPSA) is 89.4 Å². The van der Waals surface area contributed by atoms with Gasteiger partial charge in [0.1, 0.15) is 5.69 Å². The Bertz CT molecular complexity index is 1710. The Morgan fingerprint density at radius 3 is 2.31 bits per heavy atom. The number of carbonyl (C=O) groups is 2. The summed E-state index contributed by atoms with van der Waals surface area (Å²) in [6, 6.07) is 24.0. The number of para-hydroxylation sites is 1. The van der Waals surface area contributed by atoms with Crippen molar-refractivity contribution in [3.8, 4) is 22.5 Å². The maximum Gasteiger partial charge on any atom is 0.227 e. The minimum absolute atomic E-state index is 0.0783. The molecule has 0 aliphatic carbocycles. The van der Waals surface area contributed by atoms with Gasteiger partial charge in [-0.1, -0.05) is 99.1 Å². The molecule has 1 aromatic heterocycles. The van der Waals surface area contributed by atoms with E-state index in [1.54, 1.807) is 0 Å². The molecule has 0 radical (unpaired) electrons. The van der Waals surface area contributed by atoms with E-state index in [1.807, 2.05) is 77.3 Å². The quantitative estimate of drug-likeness (QED) is 0.103. The van der Waals surface area contributed by atoms with Gasteiger partial charge in [-0.15, -0.1) is 5.10 Å². The van der Waals surface area contributed by atoms with Crippen LogP contribution in [0.4, 0.5) is 5.69 Å². The van der Waals surface area contributed by atoms with Crippen molar-refractivity contribution in [1.29, 1.82) is 0 Å². The molecule has 1 N–H and O–H groups in total. The summed E-state index contributed by atoms with van der Waals surface area (Å²) in [5.41, 5.74) is 7.32. The van der Waals surface area contributed by atoms with Crippen molar-refractivity contribution in [2.24, 2.45) is 5.41 Å². The summed E-state index contributed by atoms with van der Waals surface area (Å²) in [7, 11) is 1.93. The molecule has 3 aromatic carbocycles. The Balaban J connectivity index is 1.33. The predicted molar refractivity (Wildman–Crippen MR) is 193 cm³/mol. The van der Waals surface area contributed by atoms with Gasteiger partial charge in [-0.05, 0) is 62.8 Å². The molecular weight excluding hydrogens is 598 g/mol. The molecule has 8 heteroatoms. The number of hydrogen-bond acceptors (Lipinski definition) is 6. The number of nitrogens with one attached hydrogen (secondary N) is 1. The first kappa shape index (κ1) is 35.2. The van der Waals surface area contributed by atoms with E-state index in [9.17, 15) is 9.59 Å². The lowest BCUT2D eigenvalue weighted by atomic mass is 9.87. The first-order valence-corrected chi connectivity index (χ1v) is 17.3. The van der Waals surface area contributed by atoms with Gasteiger partial charge in [0.05, 0.1) is 24.5 Å². The van der Waals surface area contributed by atoms with Gasteiger partial charge < -0.3 is 15.0 Å². The fourth-order valence-electron chi connectivity index (χ4n) is 5.90. The number of aromatic nitrogens is 3. The van der Waals surface area contributed by atoms with Crippen LogP contribution in [-0.4, -0.2) is 52.5 Å². The number of fused-ring (bicyclic) bond motifs is 5. The highest BCUT2D eigenvalue weighted by molar-refractivity contribution is 6.00. The highest BCUT2D eigenvalue weighted by Gasteiger charge is 2.30. The molecule has 5 rings (SSSR count). The number of ketones is 1. The molecule has 0 atom stereocenters. The summed E-state index contributed by atoms with van der Waals surface area (Å²) in [6.45, 7) is 13.2. The van der Waals surface area contributed by atoms with E-state index in [0.29, 0.717) is 43.5 Å². The first-order chi connectivity index (χ1) is 23.0. The fourth-order valence-corrected chi connectivity index (χ4v) is 5.90. The van der Waals surface area contributed by atoms with Crippen molar-refractivity contribution in [3.05, 3.63) is 89.5 Å². The molecule has 0 bridgehead atoms. The molecule has 8 nitrogen and oxygen atoms in total. The van der Waals surface area contributed by atoms with Crippen molar-refractivity contribution in [2.45, 2.75) is 91.8 Å². The molecule has 1 amide bonds. The second-order valence-electron chi connectivity index (χ2n) is 14.3. The van der Waals surface area contributed by atoms with E-state index in [1.165, 1.54) is 0 Å². The molecule has 2 heterocycles. The number of benzene rings is 3. The Labute approximate surface area is 285 Å². The van der Waals surface area contributed by atoms with Crippen molar-refractivity contribution >= 4 is 17.4 Å². The summed E-state index contributed by atoms with van der Waals surface area (Å²) < 4.78 is 7.74. The molecule has 1 aliphatic rings. The van der Waals surface area contributed by atoms with Gasteiger partial charge in [-0.3, -0.25) is 9.59 Å². The van der Waals surface area contributed by atoms with E-state index in [-0.39, 0.29) is 17.2 Å². The van der Waals surface area contributed by atoms with Crippen LogP contribution in [0.2, 0.25) is 0 Å². The predicted octanol–water partition coefficient (Wildman–Crippen LogP) is 8.09. The first-order valence-electron chi connectivity index (χ1n) is 17.3. The lowest BCUT2D eigenvalue weighted by Crippen LogP contribution is -2.39. The van der Waals surface area contributed by atoms with E-state index in [4.69, 9.17) is 9.84 Å². The summed E-state index contributed by atoms with van der Waals surface area (Å²) in [5, 5.41) is 12.7. The molecule has 0 spiro atoms. The number of Topliss-reactive ketones (excluding diaryl/α,β-unsaturated/α-hetero) is 1. The fraction of sp³-hybridized carbons (Fsp3) is 0.450. The largest absolute Gasteiger partial charge is 0.381 e. The van der Waals surface area contributed by atoms with E-state index in [0.717, 1.165) is 71.6 Å². The van der Waals surface area contributed by atoms with Gasteiger partial charge >= 0.3 is 0 Å². The zero-order valence-corrected chi connectivity index (χ0v) is 29.5. The van der Waals surface area contributed by atoms with Crippen LogP contribution in [0, 0.1) is 5.41 Å². The monoisotopic (exact) mass is 649 g/mol. The van der Waals surface area contributed by atoms with Crippen LogP contribution >= 0.6 is 0 Å². The summed E-state index contributed by atoms with van der Waals surface area (Å²) in [6.07, 6.45) is 4.49. The molecule has 4 aromatic rings. The number of rotatable bonds is 15. The number of carbonyl (C=O) groups excluding carboxylic acids is 2. The van der Waals surface area contributed by atoms with Crippen molar-refractivity contribution in [1.82, 2.24) is 20.3 Å². The van der Waals surface area contributed by atoms with Gasteiger partial charge in [-0.2, -0.15) is 0 Å². The number of amides is 1. The Hall–Kier alpha value is -4.14. The van der Waals surface area contributed by atoms with Crippen LogP contribution in [0.15, 0.2) is 72.8 Å². The van der Waals surface area contributed by atoms with Crippen LogP contribution in [0.1, 0.15) is 94.6 Å².